The fourth-order valence-electron chi connectivity index (χ4n) is 1.74. The molecule has 1 saturated heterocycles. The van der Waals surface area contributed by atoms with E-state index in [1.165, 1.54) is 12.8 Å². The molecule has 14 heavy (non-hydrogen) atoms. The van der Waals surface area contributed by atoms with E-state index < -0.39 is 0 Å². The molecule has 0 aliphatic carbocycles. The molecule has 2 rings (SSSR count). The van der Waals surface area contributed by atoms with E-state index in [-0.39, 0.29) is 0 Å². The number of hydrogen-bond donors (Lipinski definition) is 1. The number of hydrogen-bond acceptors (Lipinski definition) is 4. The lowest BCUT2D eigenvalue weighted by molar-refractivity contribution is 0.341. The molecule has 2 heterocycles. The van der Waals surface area contributed by atoms with Gasteiger partial charge >= 0.3 is 0 Å². The summed E-state index contributed by atoms with van der Waals surface area (Å²) in [5.74, 6) is 1.63. The molecule has 78 valence electrons. The molecular formula is C10H17N3O. The number of nitrogens with zero attached hydrogens (tertiary/aromatic N) is 2. The standard InChI is InChI=1S/C10H17N3O/c1-2-3-6-9-12-10(14-13-9)8-5-4-7-11-8/h8,11H,2-7H2,1H3/t8-/m0/s1. The van der Waals surface area contributed by atoms with Crippen LogP contribution in [0.2, 0.25) is 0 Å². The minimum atomic E-state index is 0.304. The molecule has 1 atom stereocenters. The Labute approximate surface area is 84.1 Å². The zero-order valence-electron chi connectivity index (χ0n) is 8.62. The minimum absolute atomic E-state index is 0.304. The van der Waals surface area contributed by atoms with Gasteiger partial charge < -0.3 is 9.84 Å². The van der Waals surface area contributed by atoms with Crippen molar-refractivity contribution in [2.24, 2.45) is 0 Å². The van der Waals surface area contributed by atoms with Gasteiger partial charge in [-0.05, 0) is 25.8 Å². The van der Waals surface area contributed by atoms with Gasteiger partial charge in [-0.25, -0.2) is 0 Å². The Balaban J connectivity index is 1.94. The van der Waals surface area contributed by atoms with E-state index in [1.807, 2.05) is 0 Å². The van der Waals surface area contributed by atoms with E-state index in [9.17, 15) is 0 Å². The molecule has 0 radical (unpaired) electrons. The van der Waals surface area contributed by atoms with Crippen molar-refractivity contribution in [3.05, 3.63) is 11.7 Å². The first-order chi connectivity index (χ1) is 6.90. The highest BCUT2D eigenvalue weighted by atomic mass is 16.5. The van der Waals surface area contributed by atoms with Crippen molar-refractivity contribution >= 4 is 0 Å². The summed E-state index contributed by atoms with van der Waals surface area (Å²) in [6.07, 6.45) is 5.57. The highest BCUT2D eigenvalue weighted by Gasteiger charge is 2.21. The zero-order chi connectivity index (χ0) is 9.80. The molecule has 1 aromatic rings. The van der Waals surface area contributed by atoms with Crippen LogP contribution in [0.25, 0.3) is 0 Å². The van der Waals surface area contributed by atoms with Crippen molar-refractivity contribution in [3.63, 3.8) is 0 Å². The van der Waals surface area contributed by atoms with Crippen LogP contribution in [-0.2, 0) is 6.42 Å². The van der Waals surface area contributed by atoms with Crippen LogP contribution < -0.4 is 5.32 Å². The van der Waals surface area contributed by atoms with Gasteiger partial charge in [0.2, 0.25) is 5.89 Å². The van der Waals surface area contributed by atoms with Crippen LogP contribution in [0.5, 0.6) is 0 Å². The molecule has 0 bridgehead atoms. The Morgan fingerprint density at radius 3 is 3.21 bits per heavy atom. The second kappa shape index (κ2) is 4.55. The molecule has 0 unspecified atom stereocenters. The topological polar surface area (TPSA) is 51.0 Å². The summed E-state index contributed by atoms with van der Waals surface area (Å²) in [7, 11) is 0. The zero-order valence-corrected chi connectivity index (χ0v) is 8.62. The largest absolute Gasteiger partial charge is 0.338 e. The Hall–Kier alpha value is -0.900. The smallest absolute Gasteiger partial charge is 0.243 e. The molecule has 0 aromatic carbocycles. The maximum Gasteiger partial charge on any atom is 0.243 e. The van der Waals surface area contributed by atoms with E-state index in [0.29, 0.717) is 6.04 Å². The van der Waals surface area contributed by atoms with Crippen molar-refractivity contribution in [2.45, 2.75) is 45.1 Å². The van der Waals surface area contributed by atoms with Gasteiger partial charge in [0.15, 0.2) is 5.82 Å². The van der Waals surface area contributed by atoms with Crippen molar-refractivity contribution < 1.29 is 4.52 Å². The van der Waals surface area contributed by atoms with E-state index in [2.05, 4.69) is 22.4 Å². The molecular weight excluding hydrogens is 178 g/mol. The van der Waals surface area contributed by atoms with Crippen molar-refractivity contribution in [2.75, 3.05) is 6.54 Å². The van der Waals surface area contributed by atoms with E-state index in [0.717, 1.165) is 37.5 Å². The highest BCUT2D eigenvalue weighted by molar-refractivity contribution is 4.95. The van der Waals surface area contributed by atoms with Gasteiger partial charge in [-0.1, -0.05) is 18.5 Å². The number of unbranched alkanes of at least 4 members (excludes halogenated alkanes) is 1. The molecule has 1 N–H and O–H groups in total. The number of aryl methyl sites for hydroxylation is 1. The van der Waals surface area contributed by atoms with Gasteiger partial charge in [-0.3, -0.25) is 0 Å². The molecule has 1 aliphatic rings. The summed E-state index contributed by atoms with van der Waals surface area (Å²) in [4.78, 5) is 4.39. The van der Waals surface area contributed by atoms with Gasteiger partial charge in [-0.2, -0.15) is 4.98 Å². The van der Waals surface area contributed by atoms with Crippen LogP contribution >= 0.6 is 0 Å². The second-order valence-electron chi connectivity index (χ2n) is 3.80. The first kappa shape index (κ1) is 9.65. The maximum atomic E-state index is 5.22. The summed E-state index contributed by atoms with van der Waals surface area (Å²) in [5.41, 5.74) is 0. The van der Waals surface area contributed by atoms with Crippen LogP contribution in [0, 0.1) is 0 Å². The molecule has 4 nitrogen and oxygen atoms in total. The van der Waals surface area contributed by atoms with Gasteiger partial charge in [0.05, 0.1) is 6.04 Å². The maximum absolute atomic E-state index is 5.22. The summed E-state index contributed by atoms with van der Waals surface area (Å²) in [5, 5.41) is 7.32. The van der Waals surface area contributed by atoms with Gasteiger partial charge in [0.1, 0.15) is 0 Å². The monoisotopic (exact) mass is 195 g/mol. The Kier molecular flexibility index (Phi) is 3.14. The summed E-state index contributed by atoms with van der Waals surface area (Å²) >= 11 is 0. The molecule has 1 aromatic heterocycles. The first-order valence-electron chi connectivity index (χ1n) is 5.46. The normalized spacial score (nSPS) is 21.6. The second-order valence-corrected chi connectivity index (χ2v) is 3.80. The quantitative estimate of drug-likeness (QED) is 0.796. The van der Waals surface area contributed by atoms with Crippen LogP contribution in [0.1, 0.15) is 50.4 Å². The Bertz CT molecular complexity index is 279. The molecule has 1 fully saturated rings. The predicted octanol–water partition coefficient (Wildman–Crippen LogP) is 1.84. The Morgan fingerprint density at radius 2 is 2.50 bits per heavy atom. The lowest BCUT2D eigenvalue weighted by Crippen LogP contribution is -2.13. The molecule has 0 amide bonds. The lowest BCUT2D eigenvalue weighted by Gasteiger charge is -2.01. The minimum Gasteiger partial charge on any atom is -0.338 e. The molecule has 4 heteroatoms. The lowest BCUT2D eigenvalue weighted by atomic mass is 10.2. The number of nitrogens with one attached hydrogen (secondary N) is 1. The van der Waals surface area contributed by atoms with Crippen molar-refractivity contribution in [1.82, 2.24) is 15.5 Å². The fourth-order valence-corrected chi connectivity index (χ4v) is 1.74. The number of aromatic nitrogens is 2. The van der Waals surface area contributed by atoms with Gasteiger partial charge in [0, 0.05) is 6.42 Å². The van der Waals surface area contributed by atoms with Crippen molar-refractivity contribution in [1.29, 1.82) is 0 Å². The SMILES string of the molecule is CCCCc1noc([C@@H]2CCCN2)n1. The molecule has 0 saturated carbocycles. The Morgan fingerprint density at radius 1 is 1.57 bits per heavy atom. The van der Waals surface area contributed by atoms with Gasteiger partial charge in [0.25, 0.3) is 0 Å². The summed E-state index contributed by atoms with van der Waals surface area (Å²) in [6.45, 7) is 3.23. The van der Waals surface area contributed by atoms with Crippen LogP contribution in [0.4, 0.5) is 0 Å². The van der Waals surface area contributed by atoms with E-state index >= 15 is 0 Å². The fraction of sp³-hybridized carbons (Fsp3) is 0.800. The van der Waals surface area contributed by atoms with Crippen LogP contribution in [0.3, 0.4) is 0 Å². The number of rotatable bonds is 4. The molecule has 0 spiro atoms. The third-order valence-electron chi connectivity index (χ3n) is 2.60. The summed E-state index contributed by atoms with van der Waals surface area (Å²) in [6, 6.07) is 0.304. The van der Waals surface area contributed by atoms with Crippen LogP contribution in [0.15, 0.2) is 4.52 Å². The average Bonchev–Trinajstić information content (AvgIpc) is 2.85. The summed E-state index contributed by atoms with van der Waals surface area (Å²) < 4.78 is 5.22. The van der Waals surface area contributed by atoms with E-state index in [4.69, 9.17) is 4.52 Å². The van der Waals surface area contributed by atoms with Crippen LogP contribution in [-0.4, -0.2) is 16.7 Å². The highest BCUT2D eigenvalue weighted by Crippen LogP contribution is 2.21. The average molecular weight is 195 g/mol. The van der Waals surface area contributed by atoms with Crippen molar-refractivity contribution in [3.8, 4) is 0 Å². The third-order valence-corrected chi connectivity index (χ3v) is 2.60. The predicted molar refractivity (Wildman–Crippen MR) is 52.9 cm³/mol. The van der Waals surface area contributed by atoms with Gasteiger partial charge in [-0.15, -0.1) is 0 Å². The first-order valence-corrected chi connectivity index (χ1v) is 5.46. The molecule has 1 aliphatic heterocycles. The third kappa shape index (κ3) is 2.12. The van der Waals surface area contributed by atoms with E-state index in [1.54, 1.807) is 0 Å².